The molecule has 1 saturated heterocycles. The van der Waals surface area contributed by atoms with Crippen LogP contribution in [-0.4, -0.2) is 40.4 Å². The van der Waals surface area contributed by atoms with Crippen molar-refractivity contribution in [3.8, 4) is 11.5 Å². The first-order chi connectivity index (χ1) is 12.2. The minimum Gasteiger partial charge on any atom is -0.497 e. The Morgan fingerprint density at radius 1 is 0.880 bits per heavy atom. The summed E-state index contributed by atoms with van der Waals surface area (Å²) >= 11 is 6.09. The molecule has 134 valence electrons. The van der Waals surface area contributed by atoms with Crippen LogP contribution in [0.15, 0.2) is 42.5 Å². The molecule has 3 rings (SSSR count). The molecule has 4 nitrogen and oxygen atoms in total. The molecule has 0 unspecified atom stereocenters. The maximum absolute atomic E-state index is 6.09. The van der Waals surface area contributed by atoms with Crippen LogP contribution in [0.5, 0.6) is 11.5 Å². The second kappa shape index (κ2) is 8.56. The highest BCUT2D eigenvalue weighted by atomic mass is 35.5. The van der Waals surface area contributed by atoms with Gasteiger partial charge >= 0.3 is 0 Å². The molecule has 1 aliphatic rings. The number of ether oxygens (including phenoxy) is 2. The predicted octanol–water partition coefficient (Wildman–Crippen LogP) is 0.841. The Morgan fingerprint density at radius 2 is 1.60 bits per heavy atom. The van der Waals surface area contributed by atoms with Crippen LogP contribution in [0.1, 0.15) is 11.1 Å². The van der Waals surface area contributed by atoms with Gasteiger partial charge in [0, 0.05) is 10.6 Å². The van der Waals surface area contributed by atoms with Crippen LogP contribution < -0.4 is 19.3 Å². The lowest BCUT2D eigenvalue weighted by Crippen LogP contribution is -3.27. The topological polar surface area (TPSA) is 27.3 Å². The number of halogens is 1. The zero-order valence-corrected chi connectivity index (χ0v) is 15.7. The van der Waals surface area contributed by atoms with Gasteiger partial charge in [0.25, 0.3) is 0 Å². The standard InChI is InChI=1S/C20H25ClN2O2/c1-24-19-6-7-20(25-2)17(13-19)15-23-10-8-22(9-11-23)14-16-4-3-5-18(21)12-16/h3-7,12-13H,8-11,14-15H2,1-2H3/p+2. The number of hydrogen-bond donors (Lipinski definition) is 2. The van der Waals surface area contributed by atoms with Crippen molar-refractivity contribution in [1.29, 1.82) is 0 Å². The van der Waals surface area contributed by atoms with Gasteiger partial charge in [0.2, 0.25) is 0 Å². The van der Waals surface area contributed by atoms with E-state index in [0.717, 1.165) is 42.7 Å². The third-order valence-electron chi connectivity index (χ3n) is 4.94. The SMILES string of the molecule is COc1ccc(OC)c(C[NH+]2CC[NH+](Cc3cccc(Cl)c3)CC2)c1. The fraction of sp³-hybridized carbons (Fsp3) is 0.400. The lowest BCUT2D eigenvalue weighted by molar-refractivity contribution is -1.02. The van der Waals surface area contributed by atoms with Crippen molar-refractivity contribution in [3.63, 3.8) is 0 Å². The minimum atomic E-state index is 0.825. The Kier molecular flexibility index (Phi) is 6.19. The maximum Gasteiger partial charge on any atom is 0.127 e. The Bertz CT molecular complexity index is 700. The smallest absolute Gasteiger partial charge is 0.127 e. The lowest BCUT2D eigenvalue weighted by Gasteiger charge is -2.30. The first-order valence-electron chi connectivity index (χ1n) is 8.80. The Balaban J connectivity index is 1.56. The molecule has 0 aromatic heterocycles. The van der Waals surface area contributed by atoms with E-state index in [4.69, 9.17) is 21.1 Å². The fourth-order valence-electron chi connectivity index (χ4n) is 3.54. The summed E-state index contributed by atoms with van der Waals surface area (Å²) in [6, 6.07) is 14.3. The highest BCUT2D eigenvalue weighted by Gasteiger charge is 2.24. The first kappa shape index (κ1) is 18.1. The summed E-state index contributed by atoms with van der Waals surface area (Å²) in [7, 11) is 3.43. The molecule has 2 aromatic carbocycles. The number of nitrogens with one attached hydrogen (secondary N) is 2. The van der Waals surface area contributed by atoms with Gasteiger partial charge in [-0.25, -0.2) is 0 Å². The third kappa shape index (κ3) is 4.88. The number of quaternary nitrogens is 2. The average molecular weight is 363 g/mol. The maximum atomic E-state index is 6.09. The van der Waals surface area contributed by atoms with Gasteiger partial charge < -0.3 is 19.3 Å². The molecule has 1 aliphatic heterocycles. The van der Waals surface area contributed by atoms with E-state index in [9.17, 15) is 0 Å². The summed E-state index contributed by atoms with van der Waals surface area (Å²) in [5, 5.41) is 0.825. The molecule has 0 amide bonds. The van der Waals surface area contributed by atoms with Crippen LogP contribution in [0.2, 0.25) is 5.02 Å². The minimum absolute atomic E-state index is 0.825. The van der Waals surface area contributed by atoms with E-state index in [-0.39, 0.29) is 0 Å². The molecule has 2 N–H and O–H groups in total. The normalized spacial score (nSPS) is 20.3. The van der Waals surface area contributed by atoms with E-state index < -0.39 is 0 Å². The number of hydrogen-bond acceptors (Lipinski definition) is 2. The molecule has 0 saturated carbocycles. The molecule has 1 heterocycles. The summed E-state index contributed by atoms with van der Waals surface area (Å²) in [5.74, 6) is 1.84. The number of benzene rings is 2. The van der Waals surface area contributed by atoms with Crippen molar-refractivity contribution in [3.05, 3.63) is 58.6 Å². The molecule has 1 fully saturated rings. The van der Waals surface area contributed by atoms with Gasteiger partial charge in [-0.1, -0.05) is 23.7 Å². The molecule has 2 aromatic rings. The van der Waals surface area contributed by atoms with Crippen molar-refractivity contribution < 1.29 is 19.3 Å². The van der Waals surface area contributed by atoms with Crippen LogP contribution in [0.4, 0.5) is 0 Å². The molecule has 0 spiro atoms. The van der Waals surface area contributed by atoms with Crippen LogP contribution in [0.25, 0.3) is 0 Å². The highest BCUT2D eigenvalue weighted by molar-refractivity contribution is 6.30. The van der Waals surface area contributed by atoms with Crippen LogP contribution in [-0.2, 0) is 13.1 Å². The van der Waals surface area contributed by atoms with Crippen molar-refractivity contribution >= 4 is 11.6 Å². The van der Waals surface area contributed by atoms with Gasteiger partial charge in [-0.3, -0.25) is 0 Å². The van der Waals surface area contributed by atoms with Crippen LogP contribution in [0.3, 0.4) is 0 Å². The fourth-order valence-corrected chi connectivity index (χ4v) is 3.75. The molecule has 0 atom stereocenters. The van der Waals surface area contributed by atoms with Gasteiger partial charge in [-0.05, 0) is 30.3 Å². The number of methoxy groups -OCH3 is 2. The number of piperazine rings is 1. The van der Waals surface area contributed by atoms with Gasteiger partial charge in [0.05, 0.1) is 19.8 Å². The second-order valence-electron chi connectivity index (χ2n) is 6.66. The second-order valence-corrected chi connectivity index (χ2v) is 7.10. The van der Waals surface area contributed by atoms with E-state index in [2.05, 4.69) is 18.2 Å². The van der Waals surface area contributed by atoms with Crippen molar-refractivity contribution in [2.24, 2.45) is 0 Å². The van der Waals surface area contributed by atoms with E-state index >= 15 is 0 Å². The Hall–Kier alpha value is -1.75. The zero-order valence-electron chi connectivity index (χ0n) is 15.0. The summed E-state index contributed by atoms with van der Waals surface area (Å²) < 4.78 is 10.9. The average Bonchev–Trinajstić information content (AvgIpc) is 2.63. The largest absolute Gasteiger partial charge is 0.497 e. The van der Waals surface area contributed by atoms with Crippen molar-refractivity contribution in [1.82, 2.24) is 0 Å². The molecule has 25 heavy (non-hydrogen) atoms. The van der Waals surface area contributed by atoms with Crippen molar-refractivity contribution in [2.75, 3.05) is 40.4 Å². The van der Waals surface area contributed by atoms with E-state index in [1.807, 2.05) is 24.3 Å². The summed E-state index contributed by atoms with van der Waals surface area (Å²) in [4.78, 5) is 3.23. The molecule has 0 aliphatic carbocycles. The summed E-state index contributed by atoms with van der Waals surface area (Å²) in [6.07, 6.45) is 0. The van der Waals surface area contributed by atoms with E-state index in [1.165, 1.54) is 24.2 Å². The van der Waals surface area contributed by atoms with Gasteiger partial charge in [-0.15, -0.1) is 0 Å². The Morgan fingerprint density at radius 3 is 2.24 bits per heavy atom. The third-order valence-corrected chi connectivity index (χ3v) is 5.17. The van der Waals surface area contributed by atoms with Crippen LogP contribution in [0, 0.1) is 0 Å². The number of rotatable bonds is 6. The first-order valence-corrected chi connectivity index (χ1v) is 9.18. The Labute approximate surface area is 154 Å². The molecule has 5 heteroatoms. The molecule has 0 bridgehead atoms. The predicted molar refractivity (Wildman–Crippen MR) is 99.8 cm³/mol. The van der Waals surface area contributed by atoms with Gasteiger partial charge in [0.1, 0.15) is 50.8 Å². The highest BCUT2D eigenvalue weighted by Crippen LogP contribution is 2.23. The van der Waals surface area contributed by atoms with E-state index in [1.54, 1.807) is 24.0 Å². The van der Waals surface area contributed by atoms with Crippen LogP contribution >= 0.6 is 11.6 Å². The van der Waals surface area contributed by atoms with Gasteiger partial charge in [-0.2, -0.15) is 0 Å². The van der Waals surface area contributed by atoms with Gasteiger partial charge in [0.15, 0.2) is 0 Å². The lowest BCUT2D eigenvalue weighted by atomic mass is 10.1. The monoisotopic (exact) mass is 362 g/mol. The quantitative estimate of drug-likeness (QED) is 0.797. The summed E-state index contributed by atoms with van der Waals surface area (Å²) in [5.41, 5.74) is 2.54. The molecular formula is C20H27ClN2O2+2. The van der Waals surface area contributed by atoms with Crippen molar-refractivity contribution in [2.45, 2.75) is 13.1 Å². The van der Waals surface area contributed by atoms with E-state index in [0.29, 0.717) is 0 Å². The summed E-state index contributed by atoms with van der Waals surface area (Å²) in [6.45, 7) is 6.70. The zero-order chi connectivity index (χ0) is 17.6. The molecular weight excluding hydrogens is 336 g/mol. The molecule has 0 radical (unpaired) electrons.